The summed E-state index contributed by atoms with van der Waals surface area (Å²) in [4.78, 5) is 0. The van der Waals surface area contributed by atoms with Crippen LogP contribution in [0.2, 0.25) is 0 Å². The first-order valence-corrected chi connectivity index (χ1v) is 11.2. The van der Waals surface area contributed by atoms with E-state index in [0.29, 0.717) is 24.7 Å². The highest BCUT2D eigenvalue weighted by atomic mass is 16.5. The molecule has 0 amide bonds. The highest BCUT2D eigenvalue weighted by Gasteiger charge is 2.30. The lowest BCUT2D eigenvalue weighted by Crippen LogP contribution is -2.42. The molecule has 0 saturated carbocycles. The van der Waals surface area contributed by atoms with Gasteiger partial charge < -0.3 is 25.2 Å². The van der Waals surface area contributed by atoms with Gasteiger partial charge in [0.25, 0.3) is 0 Å². The molecule has 0 spiro atoms. The van der Waals surface area contributed by atoms with Gasteiger partial charge in [0.2, 0.25) is 0 Å². The molecule has 6 unspecified atom stereocenters. The summed E-state index contributed by atoms with van der Waals surface area (Å²) < 4.78 is 6.16. The number of unbranched alkanes of at least 4 members (excludes halogenated alkanes) is 2. The van der Waals surface area contributed by atoms with Crippen molar-refractivity contribution in [3.63, 3.8) is 0 Å². The van der Waals surface area contributed by atoms with E-state index in [9.17, 15) is 20.4 Å². The minimum Gasteiger partial charge on any atom is -0.394 e. The van der Waals surface area contributed by atoms with Gasteiger partial charge in [0.05, 0.1) is 25.4 Å². The minimum absolute atomic E-state index is 0.357. The van der Waals surface area contributed by atoms with Crippen LogP contribution < -0.4 is 0 Å². The molecule has 0 rings (SSSR count). The van der Waals surface area contributed by atoms with Gasteiger partial charge >= 0.3 is 0 Å². The summed E-state index contributed by atoms with van der Waals surface area (Å²) >= 11 is 0. The van der Waals surface area contributed by atoms with E-state index in [4.69, 9.17) is 4.74 Å². The maximum absolute atomic E-state index is 10.3. The fourth-order valence-electron chi connectivity index (χ4n) is 3.69. The molecule has 0 aliphatic carbocycles. The van der Waals surface area contributed by atoms with E-state index in [1.165, 1.54) is 0 Å². The molecule has 0 bridgehead atoms. The largest absolute Gasteiger partial charge is 0.394 e. The monoisotopic (exact) mass is 390 g/mol. The average Bonchev–Trinajstić information content (AvgIpc) is 2.70. The van der Waals surface area contributed by atoms with Gasteiger partial charge in [-0.1, -0.05) is 79.1 Å². The first-order chi connectivity index (χ1) is 13.0. The van der Waals surface area contributed by atoms with Crippen LogP contribution in [0, 0.1) is 11.8 Å². The lowest BCUT2D eigenvalue weighted by Gasteiger charge is -2.33. The van der Waals surface area contributed by atoms with E-state index in [2.05, 4.69) is 27.7 Å². The number of hydrogen-bond donors (Lipinski definition) is 4. The zero-order valence-corrected chi connectivity index (χ0v) is 18.1. The third-order valence-electron chi connectivity index (χ3n) is 5.80. The van der Waals surface area contributed by atoms with Crippen LogP contribution in [0.3, 0.4) is 0 Å². The molecule has 164 valence electrons. The summed E-state index contributed by atoms with van der Waals surface area (Å²) in [5, 5.41) is 39.6. The third-order valence-corrected chi connectivity index (χ3v) is 5.80. The van der Waals surface area contributed by atoms with Gasteiger partial charge in [-0.25, -0.2) is 0 Å². The number of hydrogen-bond acceptors (Lipinski definition) is 5. The van der Waals surface area contributed by atoms with Crippen LogP contribution in [0.25, 0.3) is 0 Å². The molecule has 27 heavy (non-hydrogen) atoms. The Labute approximate surface area is 167 Å². The highest BCUT2D eigenvalue weighted by molar-refractivity contribution is 4.79. The predicted octanol–water partition coefficient (Wildman–Crippen LogP) is 3.66. The summed E-state index contributed by atoms with van der Waals surface area (Å²) in [5.74, 6) is 0.843. The maximum atomic E-state index is 10.3. The second-order valence-electron chi connectivity index (χ2n) is 8.02. The molecule has 0 aliphatic heterocycles. The van der Waals surface area contributed by atoms with E-state index in [0.717, 1.165) is 51.4 Å². The zero-order chi connectivity index (χ0) is 20.7. The smallest absolute Gasteiger partial charge is 0.103 e. The Kier molecular flexibility index (Phi) is 16.6. The van der Waals surface area contributed by atoms with Crippen LogP contribution in [0.15, 0.2) is 0 Å². The first-order valence-electron chi connectivity index (χ1n) is 11.2. The average molecular weight is 391 g/mol. The van der Waals surface area contributed by atoms with Gasteiger partial charge in [0, 0.05) is 0 Å². The Hall–Kier alpha value is -0.200. The van der Waals surface area contributed by atoms with Crippen LogP contribution in [0.1, 0.15) is 91.9 Å². The second-order valence-corrected chi connectivity index (χ2v) is 8.02. The van der Waals surface area contributed by atoms with Crippen molar-refractivity contribution in [2.75, 3.05) is 13.2 Å². The summed E-state index contributed by atoms with van der Waals surface area (Å²) in [6, 6.07) is 0. The van der Waals surface area contributed by atoms with Crippen LogP contribution in [0.4, 0.5) is 0 Å². The topological polar surface area (TPSA) is 90.2 Å². The van der Waals surface area contributed by atoms with E-state index >= 15 is 0 Å². The van der Waals surface area contributed by atoms with Crippen molar-refractivity contribution in [2.24, 2.45) is 11.8 Å². The van der Waals surface area contributed by atoms with Crippen molar-refractivity contribution in [2.45, 2.75) is 116 Å². The fourth-order valence-corrected chi connectivity index (χ4v) is 3.69. The van der Waals surface area contributed by atoms with E-state index in [1.807, 2.05) is 0 Å². The SMILES string of the molecule is CCCCC(CC)CC(OC(CC(CC)CCCC)C(O)CO)C(O)CO. The summed E-state index contributed by atoms with van der Waals surface area (Å²) in [5.41, 5.74) is 0. The van der Waals surface area contributed by atoms with Crippen molar-refractivity contribution >= 4 is 0 Å². The van der Waals surface area contributed by atoms with Gasteiger partial charge in [0.1, 0.15) is 12.2 Å². The van der Waals surface area contributed by atoms with Crippen molar-refractivity contribution in [1.29, 1.82) is 0 Å². The normalized spacial score (nSPS) is 18.7. The van der Waals surface area contributed by atoms with Crippen LogP contribution in [-0.4, -0.2) is 58.1 Å². The van der Waals surface area contributed by atoms with Crippen LogP contribution >= 0.6 is 0 Å². The predicted molar refractivity (Wildman–Crippen MR) is 111 cm³/mol. The molecular weight excluding hydrogens is 344 g/mol. The molecule has 0 radical (unpaired) electrons. The van der Waals surface area contributed by atoms with Crippen molar-refractivity contribution in [1.82, 2.24) is 0 Å². The van der Waals surface area contributed by atoms with Gasteiger partial charge in [-0.2, -0.15) is 0 Å². The third kappa shape index (κ3) is 11.4. The molecular formula is C22H46O5. The molecule has 0 saturated heterocycles. The Morgan fingerprint density at radius 2 is 1.04 bits per heavy atom. The quantitative estimate of drug-likeness (QED) is 0.287. The van der Waals surface area contributed by atoms with Crippen LogP contribution in [0.5, 0.6) is 0 Å². The van der Waals surface area contributed by atoms with Gasteiger partial charge in [-0.05, 0) is 24.7 Å². The Morgan fingerprint density at radius 3 is 1.30 bits per heavy atom. The number of aliphatic hydroxyl groups excluding tert-OH is 4. The zero-order valence-electron chi connectivity index (χ0n) is 18.1. The molecule has 5 heteroatoms. The Balaban J connectivity index is 5.11. The summed E-state index contributed by atoms with van der Waals surface area (Å²) in [6.07, 6.45) is 7.04. The maximum Gasteiger partial charge on any atom is 0.103 e. The Bertz CT molecular complexity index is 296. The highest BCUT2D eigenvalue weighted by Crippen LogP contribution is 2.27. The molecule has 6 atom stereocenters. The summed E-state index contributed by atoms with van der Waals surface area (Å²) in [7, 11) is 0. The van der Waals surface area contributed by atoms with Gasteiger partial charge in [0.15, 0.2) is 0 Å². The standard InChI is InChI=1S/C22H46O5/c1-5-9-11-17(7-3)13-21(19(25)15-23)27-22(20(26)16-24)14-18(8-4)12-10-6-2/h17-26H,5-16H2,1-4H3. The van der Waals surface area contributed by atoms with Gasteiger partial charge in [-0.15, -0.1) is 0 Å². The molecule has 0 aromatic rings. The molecule has 0 aliphatic rings. The van der Waals surface area contributed by atoms with E-state index in [-0.39, 0.29) is 13.2 Å². The molecule has 0 heterocycles. The molecule has 4 N–H and O–H groups in total. The molecule has 0 fully saturated rings. The Morgan fingerprint density at radius 1 is 0.667 bits per heavy atom. The van der Waals surface area contributed by atoms with E-state index < -0.39 is 24.4 Å². The minimum atomic E-state index is -0.968. The number of rotatable bonds is 18. The lowest BCUT2D eigenvalue weighted by atomic mass is 9.89. The number of ether oxygens (including phenoxy) is 1. The molecule has 0 aromatic heterocycles. The number of aliphatic hydroxyl groups is 4. The fraction of sp³-hybridized carbons (Fsp3) is 1.00. The van der Waals surface area contributed by atoms with Crippen LogP contribution in [-0.2, 0) is 4.74 Å². The molecule has 5 nitrogen and oxygen atoms in total. The van der Waals surface area contributed by atoms with Crippen molar-refractivity contribution in [3.05, 3.63) is 0 Å². The summed E-state index contributed by atoms with van der Waals surface area (Å²) in [6.45, 7) is 7.89. The van der Waals surface area contributed by atoms with Crippen molar-refractivity contribution < 1.29 is 25.2 Å². The second kappa shape index (κ2) is 16.7. The molecule has 0 aromatic carbocycles. The van der Waals surface area contributed by atoms with Gasteiger partial charge in [-0.3, -0.25) is 0 Å². The van der Waals surface area contributed by atoms with E-state index in [1.54, 1.807) is 0 Å². The lowest BCUT2D eigenvalue weighted by molar-refractivity contribution is -0.144. The first kappa shape index (κ1) is 26.8. The van der Waals surface area contributed by atoms with Crippen molar-refractivity contribution in [3.8, 4) is 0 Å².